The zero-order valence-electron chi connectivity index (χ0n) is 19.9. The molecule has 2 bridgehead atoms. The average molecular weight is 492 g/mol. The molecule has 2 aromatic carbocycles. The number of hydrazone groups is 1. The first-order valence-electron chi connectivity index (χ1n) is 12.0. The number of hydrogen-bond donors (Lipinski definition) is 0. The minimum absolute atomic E-state index is 0.0146. The van der Waals surface area contributed by atoms with Crippen molar-refractivity contribution in [3.05, 3.63) is 48.3 Å². The number of benzene rings is 2. The van der Waals surface area contributed by atoms with Gasteiger partial charge < -0.3 is 14.4 Å². The largest absolute Gasteiger partial charge is 0.497 e. The second kappa shape index (κ2) is 8.91. The van der Waals surface area contributed by atoms with Gasteiger partial charge >= 0.3 is 6.18 Å². The summed E-state index contributed by atoms with van der Waals surface area (Å²) in [5.41, 5.74) is 0.440. The highest BCUT2D eigenvalue weighted by Crippen LogP contribution is 2.44. The van der Waals surface area contributed by atoms with Gasteiger partial charge in [0.25, 0.3) is 0 Å². The summed E-state index contributed by atoms with van der Waals surface area (Å²) in [4.78, 5) is 2.10. The van der Waals surface area contributed by atoms with Crippen LogP contribution in [0.3, 0.4) is 0 Å². The fourth-order valence-electron chi connectivity index (χ4n) is 5.80. The molecule has 0 spiro atoms. The van der Waals surface area contributed by atoms with Crippen LogP contribution >= 0.6 is 0 Å². The van der Waals surface area contributed by atoms with Crippen LogP contribution in [0.25, 0.3) is 0 Å². The fraction of sp³-hybridized carbons (Fsp3) is 0.500. The number of alkyl halides is 3. The third-order valence-electron chi connectivity index (χ3n) is 7.58. The smallest absolute Gasteiger partial charge is 0.431 e. The summed E-state index contributed by atoms with van der Waals surface area (Å²) in [6.45, 7) is 4.15. The van der Waals surface area contributed by atoms with E-state index in [4.69, 9.17) is 9.47 Å². The van der Waals surface area contributed by atoms with E-state index in [0.29, 0.717) is 35.8 Å². The SMILES string of the molecule is CC[C@H]1C(C)C(C(F)(F)F)=NN1c1ccc(OC2CC3CC2CN3c2cc(OC)ccc2F)cc1. The van der Waals surface area contributed by atoms with E-state index >= 15 is 0 Å². The first kappa shape index (κ1) is 23.8. The van der Waals surface area contributed by atoms with Crippen LogP contribution in [0.15, 0.2) is 47.6 Å². The van der Waals surface area contributed by atoms with Gasteiger partial charge in [-0.15, -0.1) is 0 Å². The molecule has 1 aliphatic carbocycles. The number of halogens is 4. The van der Waals surface area contributed by atoms with Crippen molar-refractivity contribution in [2.45, 2.75) is 57.5 Å². The summed E-state index contributed by atoms with van der Waals surface area (Å²) < 4.78 is 66.1. The topological polar surface area (TPSA) is 37.3 Å². The summed E-state index contributed by atoms with van der Waals surface area (Å²) in [5, 5.41) is 5.40. The summed E-state index contributed by atoms with van der Waals surface area (Å²) in [7, 11) is 1.57. The molecule has 1 saturated heterocycles. The van der Waals surface area contributed by atoms with Crippen LogP contribution in [0.4, 0.5) is 28.9 Å². The molecule has 0 aromatic heterocycles. The van der Waals surface area contributed by atoms with Crippen LogP contribution in [-0.2, 0) is 0 Å². The first-order valence-corrected chi connectivity index (χ1v) is 12.0. The standard InChI is InChI=1S/C26H29F4N3O2/c1-4-22-15(2)25(26(28,29)30)31-33(22)17-5-7-19(8-6-17)35-24-12-18-11-16(24)14-32(18)23-13-20(34-3)9-10-21(23)27/h5-10,13,15-16,18,22,24H,4,11-12,14H2,1-3H3/t15?,16?,18?,22-,24?/m0/s1. The molecule has 5 rings (SSSR count). The minimum Gasteiger partial charge on any atom is -0.497 e. The molecule has 2 aromatic rings. The normalized spacial score (nSPS) is 28.0. The van der Waals surface area contributed by atoms with E-state index in [1.807, 2.05) is 6.92 Å². The molecule has 0 amide bonds. The Morgan fingerprint density at radius 1 is 1.06 bits per heavy atom. The van der Waals surface area contributed by atoms with Crippen molar-refractivity contribution < 1.29 is 27.0 Å². The lowest BCUT2D eigenvalue weighted by molar-refractivity contribution is -0.0620. The van der Waals surface area contributed by atoms with Crippen molar-refractivity contribution in [1.29, 1.82) is 0 Å². The third kappa shape index (κ3) is 4.29. The maximum Gasteiger partial charge on any atom is 0.431 e. The van der Waals surface area contributed by atoms with E-state index in [2.05, 4.69) is 10.0 Å². The molecular weight excluding hydrogens is 462 g/mol. The van der Waals surface area contributed by atoms with Gasteiger partial charge in [-0.2, -0.15) is 18.3 Å². The third-order valence-corrected chi connectivity index (χ3v) is 7.58. The van der Waals surface area contributed by atoms with Crippen LogP contribution < -0.4 is 19.4 Å². The molecule has 188 valence electrons. The van der Waals surface area contributed by atoms with E-state index in [1.54, 1.807) is 50.4 Å². The minimum atomic E-state index is -4.44. The van der Waals surface area contributed by atoms with Crippen molar-refractivity contribution in [2.24, 2.45) is 16.9 Å². The number of ether oxygens (including phenoxy) is 2. The van der Waals surface area contributed by atoms with Gasteiger partial charge in [0, 0.05) is 36.9 Å². The van der Waals surface area contributed by atoms with Gasteiger partial charge in [-0.3, -0.25) is 5.01 Å². The van der Waals surface area contributed by atoms with E-state index in [9.17, 15) is 17.6 Å². The first-order chi connectivity index (χ1) is 16.7. The van der Waals surface area contributed by atoms with Crippen LogP contribution in [0, 0.1) is 17.7 Å². The van der Waals surface area contributed by atoms with Gasteiger partial charge in [0.05, 0.1) is 24.5 Å². The molecular formula is C26H29F4N3O2. The average Bonchev–Trinajstić information content (AvgIpc) is 3.52. The second-order valence-electron chi connectivity index (χ2n) is 9.60. The highest BCUT2D eigenvalue weighted by atomic mass is 19.4. The Balaban J connectivity index is 1.25. The molecule has 2 heterocycles. The van der Waals surface area contributed by atoms with Gasteiger partial charge in [-0.05, 0) is 49.2 Å². The summed E-state index contributed by atoms with van der Waals surface area (Å²) in [6, 6.07) is 11.7. The van der Waals surface area contributed by atoms with Crippen molar-refractivity contribution in [3.63, 3.8) is 0 Å². The number of nitrogens with zero attached hydrogens (tertiary/aromatic N) is 3. The summed E-state index contributed by atoms with van der Waals surface area (Å²) >= 11 is 0. The Hall–Kier alpha value is -2.97. The number of anilines is 2. The van der Waals surface area contributed by atoms with E-state index in [0.717, 1.165) is 12.8 Å². The quantitative estimate of drug-likeness (QED) is 0.462. The van der Waals surface area contributed by atoms with E-state index in [1.165, 1.54) is 11.1 Å². The maximum atomic E-state index is 14.5. The molecule has 2 aliphatic heterocycles. The monoisotopic (exact) mass is 491 g/mol. The zero-order chi connectivity index (χ0) is 24.9. The highest BCUT2D eigenvalue weighted by molar-refractivity contribution is 5.95. The van der Waals surface area contributed by atoms with Gasteiger partial charge in [-0.1, -0.05) is 13.8 Å². The van der Waals surface area contributed by atoms with Crippen molar-refractivity contribution in [1.82, 2.24) is 0 Å². The van der Waals surface area contributed by atoms with Crippen molar-refractivity contribution >= 4 is 17.1 Å². The predicted molar refractivity (Wildman–Crippen MR) is 127 cm³/mol. The molecule has 4 unspecified atom stereocenters. The second-order valence-corrected chi connectivity index (χ2v) is 9.60. The number of hydrogen-bond acceptors (Lipinski definition) is 5. The van der Waals surface area contributed by atoms with Gasteiger partial charge in [0.1, 0.15) is 29.1 Å². The number of methoxy groups -OCH3 is 1. The Kier molecular flexibility index (Phi) is 6.05. The van der Waals surface area contributed by atoms with E-state index < -0.39 is 17.8 Å². The van der Waals surface area contributed by atoms with Crippen LogP contribution in [0.2, 0.25) is 0 Å². The van der Waals surface area contributed by atoms with Gasteiger partial charge in [-0.25, -0.2) is 4.39 Å². The Labute approximate surface area is 202 Å². The molecule has 5 nitrogen and oxygen atoms in total. The zero-order valence-corrected chi connectivity index (χ0v) is 19.9. The summed E-state index contributed by atoms with van der Waals surface area (Å²) in [6.07, 6.45) is -2.16. The lowest BCUT2D eigenvalue weighted by atomic mass is 9.95. The summed E-state index contributed by atoms with van der Waals surface area (Å²) in [5.74, 6) is 0.618. The molecule has 1 saturated carbocycles. The predicted octanol–water partition coefficient (Wildman–Crippen LogP) is 6.03. The lowest BCUT2D eigenvalue weighted by Gasteiger charge is -2.33. The Bertz CT molecular complexity index is 1100. The molecule has 35 heavy (non-hydrogen) atoms. The number of rotatable bonds is 6. The van der Waals surface area contributed by atoms with Crippen LogP contribution in [0.1, 0.15) is 33.1 Å². The molecule has 5 atom stereocenters. The van der Waals surface area contributed by atoms with Gasteiger partial charge in [0.2, 0.25) is 0 Å². The highest BCUT2D eigenvalue weighted by Gasteiger charge is 2.48. The molecule has 0 radical (unpaired) electrons. The van der Waals surface area contributed by atoms with Crippen molar-refractivity contribution in [2.75, 3.05) is 23.6 Å². The Morgan fingerprint density at radius 3 is 2.37 bits per heavy atom. The molecule has 2 fully saturated rings. The Morgan fingerprint density at radius 2 is 1.77 bits per heavy atom. The van der Waals surface area contributed by atoms with Crippen molar-refractivity contribution in [3.8, 4) is 11.5 Å². The van der Waals surface area contributed by atoms with E-state index in [-0.39, 0.29) is 29.9 Å². The van der Waals surface area contributed by atoms with Crippen LogP contribution in [-0.4, -0.2) is 43.7 Å². The molecule has 3 aliphatic rings. The fourth-order valence-corrected chi connectivity index (χ4v) is 5.80. The lowest BCUT2D eigenvalue weighted by Crippen LogP contribution is -2.40. The molecule has 9 heteroatoms. The van der Waals surface area contributed by atoms with Crippen LogP contribution in [0.5, 0.6) is 11.5 Å². The maximum absolute atomic E-state index is 14.5. The van der Waals surface area contributed by atoms with Gasteiger partial charge in [0.15, 0.2) is 0 Å². The molecule has 0 N–H and O–H groups in total. The number of piperidine rings is 1. The number of fused-ring (bicyclic) bond motifs is 2.